The van der Waals surface area contributed by atoms with Crippen LogP contribution in [0.5, 0.6) is 11.5 Å². The number of non-ortho nitro benzene ring substituents is 1. The van der Waals surface area contributed by atoms with Crippen molar-refractivity contribution in [2.24, 2.45) is 0 Å². The Morgan fingerprint density at radius 3 is 2.47 bits per heavy atom. The molecule has 0 fully saturated rings. The zero-order valence-corrected chi connectivity index (χ0v) is 16.5. The standard InChI is InChI=1S/C20H20N2O8/c1-12(21-19(24)13-5-4-6-14(9-13)22(26)27)20(25)30-11-17(23)16-10-15(28-2)7-8-18(16)29-3/h4-10,12H,11H2,1-3H3,(H,21,24)/t12-/m0/s1. The summed E-state index contributed by atoms with van der Waals surface area (Å²) < 4.78 is 15.2. The zero-order chi connectivity index (χ0) is 22.3. The first-order chi connectivity index (χ1) is 14.3. The van der Waals surface area contributed by atoms with E-state index in [2.05, 4.69) is 5.32 Å². The summed E-state index contributed by atoms with van der Waals surface area (Å²) in [6.07, 6.45) is 0. The van der Waals surface area contributed by atoms with Crippen LogP contribution in [-0.2, 0) is 9.53 Å². The van der Waals surface area contributed by atoms with Crippen LogP contribution < -0.4 is 14.8 Å². The lowest BCUT2D eigenvalue weighted by molar-refractivity contribution is -0.384. The molecule has 0 aromatic heterocycles. The fraction of sp³-hybridized carbons (Fsp3) is 0.250. The van der Waals surface area contributed by atoms with Gasteiger partial charge in [-0.15, -0.1) is 0 Å². The number of nitrogens with one attached hydrogen (secondary N) is 1. The molecule has 2 aromatic carbocycles. The molecule has 2 aromatic rings. The lowest BCUT2D eigenvalue weighted by Gasteiger charge is -2.14. The molecule has 1 atom stereocenters. The molecule has 0 spiro atoms. The average molecular weight is 416 g/mol. The zero-order valence-electron chi connectivity index (χ0n) is 16.5. The Hall–Kier alpha value is -3.95. The number of methoxy groups -OCH3 is 2. The first-order valence-corrected chi connectivity index (χ1v) is 8.74. The quantitative estimate of drug-likeness (QED) is 0.284. The lowest BCUT2D eigenvalue weighted by atomic mass is 10.1. The van der Waals surface area contributed by atoms with Crippen molar-refractivity contribution in [2.45, 2.75) is 13.0 Å². The molecule has 2 rings (SSSR count). The van der Waals surface area contributed by atoms with Crippen LogP contribution in [0.3, 0.4) is 0 Å². The molecule has 0 aliphatic carbocycles. The largest absolute Gasteiger partial charge is 0.497 e. The van der Waals surface area contributed by atoms with E-state index in [0.29, 0.717) is 11.5 Å². The van der Waals surface area contributed by atoms with Gasteiger partial charge in [0.15, 0.2) is 6.61 Å². The van der Waals surface area contributed by atoms with Gasteiger partial charge in [-0.05, 0) is 31.2 Å². The third-order valence-corrected chi connectivity index (χ3v) is 4.07. The molecular formula is C20H20N2O8. The maximum absolute atomic E-state index is 12.4. The Morgan fingerprint density at radius 2 is 1.83 bits per heavy atom. The minimum atomic E-state index is -1.09. The summed E-state index contributed by atoms with van der Waals surface area (Å²) in [5.41, 5.74) is -0.0605. The highest BCUT2D eigenvalue weighted by Gasteiger charge is 2.21. The van der Waals surface area contributed by atoms with Gasteiger partial charge in [0.25, 0.3) is 11.6 Å². The number of nitro benzene ring substituents is 1. The van der Waals surface area contributed by atoms with Crippen molar-refractivity contribution in [1.29, 1.82) is 0 Å². The van der Waals surface area contributed by atoms with Gasteiger partial charge in [-0.3, -0.25) is 19.7 Å². The molecule has 0 aliphatic heterocycles. The molecule has 0 aliphatic rings. The van der Waals surface area contributed by atoms with E-state index in [0.717, 1.165) is 6.07 Å². The van der Waals surface area contributed by atoms with Crippen molar-refractivity contribution < 1.29 is 33.5 Å². The van der Waals surface area contributed by atoms with E-state index >= 15 is 0 Å². The smallest absolute Gasteiger partial charge is 0.328 e. The van der Waals surface area contributed by atoms with E-state index in [1.165, 1.54) is 45.4 Å². The molecular weight excluding hydrogens is 396 g/mol. The Labute approximate surface area is 171 Å². The summed E-state index contributed by atoms with van der Waals surface area (Å²) in [5.74, 6) is -1.32. The third-order valence-electron chi connectivity index (χ3n) is 4.07. The molecule has 0 saturated heterocycles. The maximum atomic E-state index is 12.4. The molecule has 10 nitrogen and oxygen atoms in total. The SMILES string of the molecule is COc1ccc(OC)c(C(=O)COC(=O)[C@H](C)NC(=O)c2cccc([N+](=O)[O-])c2)c1. The topological polar surface area (TPSA) is 134 Å². The van der Waals surface area contributed by atoms with Gasteiger partial charge in [-0.2, -0.15) is 0 Å². The minimum Gasteiger partial charge on any atom is -0.497 e. The van der Waals surface area contributed by atoms with Crippen LogP contribution in [0.2, 0.25) is 0 Å². The highest BCUT2D eigenvalue weighted by Crippen LogP contribution is 2.24. The minimum absolute atomic E-state index is 0.0149. The van der Waals surface area contributed by atoms with Gasteiger partial charge in [0.2, 0.25) is 5.78 Å². The fourth-order valence-electron chi connectivity index (χ4n) is 2.47. The maximum Gasteiger partial charge on any atom is 0.328 e. The number of esters is 1. The number of Topliss-reactive ketones (excluding diaryl/α,β-unsaturated/α-hetero) is 1. The number of carbonyl (C=O) groups is 3. The van der Waals surface area contributed by atoms with Crippen LogP contribution >= 0.6 is 0 Å². The van der Waals surface area contributed by atoms with Crippen LogP contribution in [0, 0.1) is 10.1 Å². The molecule has 0 unspecified atom stereocenters. The summed E-state index contributed by atoms with van der Waals surface area (Å²) in [7, 11) is 2.85. The highest BCUT2D eigenvalue weighted by atomic mass is 16.6. The van der Waals surface area contributed by atoms with E-state index in [1.807, 2.05) is 0 Å². The first-order valence-electron chi connectivity index (χ1n) is 8.74. The Bertz CT molecular complexity index is 973. The van der Waals surface area contributed by atoms with Crippen molar-refractivity contribution in [3.8, 4) is 11.5 Å². The van der Waals surface area contributed by atoms with Crippen molar-refractivity contribution in [3.05, 3.63) is 63.7 Å². The lowest BCUT2D eigenvalue weighted by Crippen LogP contribution is -2.40. The van der Waals surface area contributed by atoms with Gasteiger partial charge >= 0.3 is 5.97 Å². The second kappa shape index (κ2) is 10.0. The summed E-state index contributed by atoms with van der Waals surface area (Å²) in [4.78, 5) is 46.9. The molecule has 1 amide bonds. The average Bonchev–Trinajstić information content (AvgIpc) is 2.76. The molecule has 158 valence electrons. The summed E-state index contributed by atoms with van der Waals surface area (Å²) >= 11 is 0. The van der Waals surface area contributed by atoms with E-state index in [-0.39, 0.29) is 16.8 Å². The third kappa shape index (κ3) is 5.53. The number of ketones is 1. The van der Waals surface area contributed by atoms with Crippen LogP contribution in [-0.4, -0.2) is 49.5 Å². The monoisotopic (exact) mass is 416 g/mol. The van der Waals surface area contributed by atoms with E-state index in [9.17, 15) is 24.5 Å². The van der Waals surface area contributed by atoms with E-state index < -0.39 is 35.2 Å². The first kappa shape index (κ1) is 22.3. The van der Waals surface area contributed by atoms with Crippen LogP contribution in [0.25, 0.3) is 0 Å². The van der Waals surface area contributed by atoms with Gasteiger partial charge < -0.3 is 19.5 Å². The molecule has 0 bridgehead atoms. The van der Waals surface area contributed by atoms with Gasteiger partial charge in [-0.1, -0.05) is 6.07 Å². The number of nitrogens with zero attached hydrogens (tertiary/aromatic N) is 1. The predicted octanol–water partition coefficient (Wildman–Crippen LogP) is 2.16. The van der Waals surface area contributed by atoms with Crippen LogP contribution in [0.4, 0.5) is 5.69 Å². The number of ether oxygens (including phenoxy) is 3. The van der Waals surface area contributed by atoms with Gasteiger partial charge in [0, 0.05) is 17.7 Å². The predicted molar refractivity (Wildman–Crippen MR) is 105 cm³/mol. The second-order valence-corrected chi connectivity index (χ2v) is 6.10. The number of carbonyl (C=O) groups excluding carboxylic acids is 3. The molecule has 1 N–H and O–H groups in total. The van der Waals surface area contributed by atoms with Crippen molar-refractivity contribution in [1.82, 2.24) is 5.32 Å². The Kier molecular flexibility index (Phi) is 7.45. The Morgan fingerprint density at radius 1 is 1.10 bits per heavy atom. The van der Waals surface area contributed by atoms with Crippen LogP contribution in [0.15, 0.2) is 42.5 Å². The van der Waals surface area contributed by atoms with Crippen molar-refractivity contribution in [2.75, 3.05) is 20.8 Å². The van der Waals surface area contributed by atoms with Gasteiger partial charge in [-0.25, -0.2) is 4.79 Å². The van der Waals surface area contributed by atoms with Gasteiger partial charge in [0.05, 0.1) is 24.7 Å². The number of nitro groups is 1. The molecule has 0 saturated carbocycles. The highest BCUT2D eigenvalue weighted by molar-refractivity contribution is 6.01. The number of amides is 1. The molecule has 30 heavy (non-hydrogen) atoms. The summed E-state index contributed by atoms with van der Waals surface area (Å²) in [6.45, 7) is 0.799. The summed E-state index contributed by atoms with van der Waals surface area (Å²) in [6, 6.07) is 8.61. The number of rotatable bonds is 9. The van der Waals surface area contributed by atoms with Crippen molar-refractivity contribution in [3.63, 3.8) is 0 Å². The molecule has 10 heteroatoms. The number of benzene rings is 2. The van der Waals surface area contributed by atoms with E-state index in [1.54, 1.807) is 12.1 Å². The summed E-state index contributed by atoms with van der Waals surface area (Å²) in [5, 5.41) is 13.2. The number of hydrogen-bond donors (Lipinski definition) is 1. The fourth-order valence-corrected chi connectivity index (χ4v) is 2.47. The Balaban J connectivity index is 1.98. The normalized spacial score (nSPS) is 11.2. The second-order valence-electron chi connectivity index (χ2n) is 6.10. The van der Waals surface area contributed by atoms with E-state index in [4.69, 9.17) is 14.2 Å². The van der Waals surface area contributed by atoms with Crippen molar-refractivity contribution >= 4 is 23.3 Å². The van der Waals surface area contributed by atoms with Gasteiger partial charge in [0.1, 0.15) is 17.5 Å². The van der Waals surface area contributed by atoms with Crippen LogP contribution in [0.1, 0.15) is 27.6 Å². The molecule has 0 radical (unpaired) electrons. The molecule has 0 heterocycles. The number of hydrogen-bond acceptors (Lipinski definition) is 8.